The van der Waals surface area contributed by atoms with Crippen LogP contribution in [0, 0.1) is 0 Å². The number of methoxy groups -OCH3 is 1. The van der Waals surface area contributed by atoms with Crippen molar-refractivity contribution >= 4 is 32.7 Å². The van der Waals surface area contributed by atoms with E-state index in [9.17, 15) is 8.42 Å². The summed E-state index contributed by atoms with van der Waals surface area (Å²) >= 11 is 1.20. The Bertz CT molecular complexity index is 1140. The molecule has 1 fully saturated rings. The Kier molecular flexibility index (Phi) is 6.17. The van der Waals surface area contributed by atoms with Crippen LogP contribution in [0.1, 0.15) is 13.8 Å². The number of anilines is 2. The molecule has 1 aromatic carbocycles. The number of aromatic nitrogens is 1. The highest BCUT2D eigenvalue weighted by atomic mass is 32.2. The number of pyridine rings is 1. The summed E-state index contributed by atoms with van der Waals surface area (Å²) in [7, 11) is -2.09. The molecular formula is C22H26N4O3S2. The molecule has 4 rings (SSSR count). The number of benzene rings is 1. The van der Waals surface area contributed by atoms with E-state index in [2.05, 4.69) is 33.8 Å². The van der Waals surface area contributed by atoms with Gasteiger partial charge in [0.05, 0.1) is 29.1 Å². The summed E-state index contributed by atoms with van der Waals surface area (Å²) in [6.07, 6.45) is 1.69. The second-order valence-electron chi connectivity index (χ2n) is 7.70. The van der Waals surface area contributed by atoms with Crippen LogP contribution in [0.5, 0.6) is 5.75 Å². The smallest absolute Gasteiger partial charge is 0.271 e. The Balaban J connectivity index is 1.59. The minimum atomic E-state index is -3.72. The molecule has 0 unspecified atom stereocenters. The third-order valence-corrected chi connectivity index (χ3v) is 8.07. The Labute approximate surface area is 187 Å². The van der Waals surface area contributed by atoms with E-state index >= 15 is 0 Å². The third-order valence-electron chi connectivity index (χ3n) is 5.09. The monoisotopic (exact) mass is 458 g/mol. The lowest BCUT2D eigenvalue weighted by Gasteiger charge is -2.38. The number of hydrogen-bond donors (Lipinski definition) is 2. The largest absolute Gasteiger partial charge is 0.495 e. The van der Waals surface area contributed by atoms with Gasteiger partial charge in [0, 0.05) is 31.4 Å². The molecule has 2 aromatic heterocycles. The number of rotatable bonds is 6. The molecule has 0 saturated carbocycles. The second kappa shape index (κ2) is 8.86. The summed E-state index contributed by atoms with van der Waals surface area (Å²) in [6.45, 7) is 5.90. The van der Waals surface area contributed by atoms with E-state index in [1.165, 1.54) is 11.3 Å². The van der Waals surface area contributed by atoms with E-state index in [0.29, 0.717) is 17.8 Å². The zero-order valence-corrected chi connectivity index (χ0v) is 19.3. The third kappa shape index (κ3) is 4.84. The maximum Gasteiger partial charge on any atom is 0.271 e. The van der Waals surface area contributed by atoms with Crippen LogP contribution in [-0.4, -0.2) is 45.7 Å². The van der Waals surface area contributed by atoms with Crippen molar-refractivity contribution in [3.63, 3.8) is 0 Å². The van der Waals surface area contributed by atoms with Crippen molar-refractivity contribution in [3.05, 3.63) is 54.7 Å². The summed E-state index contributed by atoms with van der Waals surface area (Å²) in [6, 6.07) is 15.0. The minimum absolute atomic E-state index is 0.245. The van der Waals surface area contributed by atoms with E-state index in [1.54, 1.807) is 37.6 Å². The van der Waals surface area contributed by atoms with E-state index < -0.39 is 10.0 Å². The first kappa shape index (κ1) is 21.6. The Hall–Kier alpha value is -2.62. The molecule has 1 aliphatic heterocycles. The number of thiophene rings is 1. The van der Waals surface area contributed by atoms with Gasteiger partial charge < -0.3 is 15.0 Å². The van der Waals surface area contributed by atoms with Gasteiger partial charge in [-0.05, 0) is 56.3 Å². The number of piperazine rings is 1. The van der Waals surface area contributed by atoms with Crippen molar-refractivity contribution in [2.45, 2.75) is 30.1 Å². The molecule has 3 heterocycles. The fourth-order valence-corrected chi connectivity index (χ4v) is 6.17. The normalized spacial score (nSPS) is 19.3. The molecule has 2 N–H and O–H groups in total. The van der Waals surface area contributed by atoms with Crippen molar-refractivity contribution in [3.8, 4) is 16.3 Å². The van der Waals surface area contributed by atoms with E-state index in [-0.39, 0.29) is 4.21 Å². The number of sulfonamides is 1. The van der Waals surface area contributed by atoms with Gasteiger partial charge in [-0.25, -0.2) is 8.42 Å². The van der Waals surface area contributed by atoms with Gasteiger partial charge in [-0.3, -0.25) is 9.71 Å². The molecule has 2 atom stereocenters. The van der Waals surface area contributed by atoms with Gasteiger partial charge in [-0.2, -0.15) is 0 Å². The van der Waals surface area contributed by atoms with Gasteiger partial charge in [0.1, 0.15) is 9.96 Å². The zero-order chi connectivity index (χ0) is 22.0. The van der Waals surface area contributed by atoms with Crippen LogP contribution in [-0.2, 0) is 10.0 Å². The Morgan fingerprint density at radius 2 is 1.90 bits per heavy atom. The van der Waals surface area contributed by atoms with E-state index in [4.69, 9.17) is 4.74 Å². The highest BCUT2D eigenvalue weighted by Gasteiger charge is 2.24. The molecule has 164 valence electrons. The Morgan fingerprint density at radius 3 is 2.58 bits per heavy atom. The molecule has 0 amide bonds. The molecule has 0 spiro atoms. The molecule has 7 nitrogen and oxygen atoms in total. The fourth-order valence-electron chi connectivity index (χ4n) is 3.84. The standard InChI is InChI=1S/C22H26N4O3S2/c1-15-13-26(14-16(2)24-15)19-12-17(7-8-20(19)29-3)25-31(27,28)22-10-9-21(30-22)18-6-4-5-11-23-18/h4-12,15-16,24-25H,13-14H2,1-3H3/t15-,16+. The Morgan fingerprint density at radius 1 is 1.13 bits per heavy atom. The molecule has 9 heteroatoms. The zero-order valence-electron chi connectivity index (χ0n) is 17.7. The lowest BCUT2D eigenvalue weighted by Crippen LogP contribution is -2.54. The summed E-state index contributed by atoms with van der Waals surface area (Å²) in [5, 5.41) is 3.51. The molecule has 0 bridgehead atoms. The number of ether oxygens (including phenoxy) is 1. The van der Waals surface area contributed by atoms with Gasteiger partial charge in [-0.15, -0.1) is 11.3 Å². The average molecular weight is 459 g/mol. The van der Waals surface area contributed by atoms with Crippen LogP contribution in [0.25, 0.3) is 10.6 Å². The van der Waals surface area contributed by atoms with Crippen LogP contribution in [0.2, 0.25) is 0 Å². The molecule has 1 saturated heterocycles. The van der Waals surface area contributed by atoms with Crippen LogP contribution in [0.4, 0.5) is 11.4 Å². The van der Waals surface area contributed by atoms with Gasteiger partial charge in [0.25, 0.3) is 10.0 Å². The first-order valence-electron chi connectivity index (χ1n) is 10.1. The lowest BCUT2D eigenvalue weighted by atomic mass is 10.1. The van der Waals surface area contributed by atoms with Crippen molar-refractivity contribution in [2.24, 2.45) is 0 Å². The highest BCUT2D eigenvalue weighted by molar-refractivity contribution is 7.94. The maximum atomic E-state index is 13.0. The van der Waals surface area contributed by atoms with Gasteiger partial charge in [0.15, 0.2) is 0 Å². The van der Waals surface area contributed by atoms with Gasteiger partial charge >= 0.3 is 0 Å². The SMILES string of the molecule is COc1ccc(NS(=O)(=O)c2ccc(-c3ccccn3)s2)cc1N1C[C@@H](C)N[C@@H](C)C1. The topological polar surface area (TPSA) is 83.6 Å². The molecule has 3 aromatic rings. The molecule has 31 heavy (non-hydrogen) atoms. The second-order valence-corrected chi connectivity index (χ2v) is 10.7. The van der Waals surface area contributed by atoms with Crippen molar-refractivity contribution in [1.82, 2.24) is 10.3 Å². The fraction of sp³-hybridized carbons (Fsp3) is 0.318. The first-order chi connectivity index (χ1) is 14.9. The predicted molar refractivity (Wildman–Crippen MR) is 126 cm³/mol. The highest BCUT2D eigenvalue weighted by Crippen LogP contribution is 2.35. The summed E-state index contributed by atoms with van der Waals surface area (Å²) in [5.74, 6) is 0.720. The van der Waals surface area contributed by atoms with Crippen LogP contribution < -0.4 is 19.7 Å². The number of hydrogen-bond acceptors (Lipinski definition) is 7. The molecular weight excluding hydrogens is 432 g/mol. The number of nitrogens with zero attached hydrogens (tertiary/aromatic N) is 2. The van der Waals surface area contributed by atoms with Crippen molar-refractivity contribution in [2.75, 3.05) is 29.8 Å². The van der Waals surface area contributed by atoms with E-state index in [0.717, 1.165) is 35.1 Å². The summed E-state index contributed by atoms with van der Waals surface area (Å²) in [4.78, 5) is 7.33. The lowest BCUT2D eigenvalue weighted by molar-refractivity contribution is 0.391. The van der Waals surface area contributed by atoms with Crippen LogP contribution in [0.3, 0.4) is 0 Å². The summed E-state index contributed by atoms with van der Waals surface area (Å²) in [5.41, 5.74) is 2.13. The predicted octanol–water partition coefficient (Wildman–Crippen LogP) is 3.81. The number of nitrogens with one attached hydrogen (secondary N) is 2. The molecule has 1 aliphatic rings. The average Bonchev–Trinajstić information content (AvgIpc) is 3.25. The molecule has 0 aliphatic carbocycles. The van der Waals surface area contributed by atoms with Crippen LogP contribution >= 0.6 is 11.3 Å². The van der Waals surface area contributed by atoms with Crippen molar-refractivity contribution in [1.29, 1.82) is 0 Å². The van der Waals surface area contributed by atoms with Gasteiger partial charge in [0.2, 0.25) is 0 Å². The van der Waals surface area contributed by atoms with Crippen molar-refractivity contribution < 1.29 is 13.2 Å². The van der Waals surface area contributed by atoms with Crippen LogP contribution in [0.15, 0.2) is 58.9 Å². The van der Waals surface area contributed by atoms with E-state index in [1.807, 2.05) is 24.3 Å². The maximum absolute atomic E-state index is 13.0. The molecule has 0 radical (unpaired) electrons. The first-order valence-corrected chi connectivity index (χ1v) is 12.4. The quantitative estimate of drug-likeness (QED) is 0.585. The summed E-state index contributed by atoms with van der Waals surface area (Å²) < 4.78 is 34.5. The minimum Gasteiger partial charge on any atom is -0.495 e. The van der Waals surface area contributed by atoms with Gasteiger partial charge in [-0.1, -0.05) is 6.07 Å².